The van der Waals surface area contributed by atoms with Gasteiger partial charge in [0.2, 0.25) is 0 Å². The van der Waals surface area contributed by atoms with Crippen molar-refractivity contribution in [3.8, 4) is 0 Å². The molecule has 0 saturated carbocycles. The monoisotopic (exact) mass is 306 g/mol. The maximum atomic E-state index is 12.2. The third kappa shape index (κ3) is 5.40. The van der Waals surface area contributed by atoms with Crippen LogP contribution in [-0.2, 0) is 11.3 Å². The minimum Gasteiger partial charge on any atom is -0.396 e. The van der Waals surface area contributed by atoms with Crippen LogP contribution < -0.4 is 5.32 Å². The van der Waals surface area contributed by atoms with Crippen molar-refractivity contribution in [2.45, 2.75) is 19.9 Å². The second-order valence-electron chi connectivity index (χ2n) is 5.92. The number of nitrogens with one attached hydrogen (secondary N) is 1. The molecule has 1 aliphatic heterocycles. The Balaban J connectivity index is 1.88. The highest BCUT2D eigenvalue weighted by molar-refractivity contribution is 5.94. The number of aliphatic hydroxyl groups is 1. The molecule has 2 rings (SSSR count). The third-order valence-electron chi connectivity index (χ3n) is 3.93. The maximum Gasteiger partial charge on any atom is 0.251 e. The van der Waals surface area contributed by atoms with Crippen molar-refractivity contribution in [1.82, 2.24) is 10.2 Å². The van der Waals surface area contributed by atoms with E-state index in [2.05, 4.69) is 16.3 Å². The summed E-state index contributed by atoms with van der Waals surface area (Å²) in [6.45, 7) is 7.06. The van der Waals surface area contributed by atoms with E-state index in [0.29, 0.717) is 18.5 Å². The first kappa shape index (κ1) is 16.9. The van der Waals surface area contributed by atoms with Gasteiger partial charge in [-0.15, -0.1) is 0 Å². The lowest BCUT2D eigenvalue weighted by Crippen LogP contribution is -2.35. The molecular weight excluding hydrogens is 280 g/mol. The van der Waals surface area contributed by atoms with E-state index in [0.717, 1.165) is 38.4 Å². The summed E-state index contributed by atoms with van der Waals surface area (Å²) in [4.78, 5) is 14.5. The highest BCUT2D eigenvalue weighted by Gasteiger charge is 2.12. The van der Waals surface area contributed by atoms with Crippen molar-refractivity contribution in [1.29, 1.82) is 0 Å². The van der Waals surface area contributed by atoms with E-state index in [9.17, 15) is 4.79 Å². The highest BCUT2D eigenvalue weighted by Crippen LogP contribution is 2.10. The van der Waals surface area contributed by atoms with E-state index in [4.69, 9.17) is 9.84 Å². The number of benzene rings is 1. The zero-order valence-electron chi connectivity index (χ0n) is 13.3. The molecule has 5 nitrogen and oxygen atoms in total. The normalized spacial score (nSPS) is 17.2. The predicted molar refractivity (Wildman–Crippen MR) is 85.7 cm³/mol. The van der Waals surface area contributed by atoms with Gasteiger partial charge in [0.05, 0.1) is 13.2 Å². The first-order chi connectivity index (χ1) is 10.7. The molecule has 0 bridgehead atoms. The summed E-state index contributed by atoms with van der Waals surface area (Å²) < 4.78 is 5.35. The Labute approximate surface area is 132 Å². The van der Waals surface area contributed by atoms with E-state index in [-0.39, 0.29) is 18.4 Å². The second-order valence-corrected chi connectivity index (χ2v) is 5.92. The topological polar surface area (TPSA) is 61.8 Å². The fourth-order valence-corrected chi connectivity index (χ4v) is 2.52. The van der Waals surface area contributed by atoms with Crippen molar-refractivity contribution in [3.05, 3.63) is 35.4 Å². The highest BCUT2D eigenvalue weighted by atomic mass is 16.5. The molecule has 0 spiro atoms. The van der Waals surface area contributed by atoms with Gasteiger partial charge in [0.15, 0.2) is 0 Å². The summed E-state index contributed by atoms with van der Waals surface area (Å²) in [7, 11) is 0. The number of amides is 1. The average molecular weight is 306 g/mol. The number of rotatable bonds is 7. The minimum atomic E-state index is -0.0476. The fourth-order valence-electron chi connectivity index (χ4n) is 2.52. The van der Waals surface area contributed by atoms with Crippen LogP contribution in [0.15, 0.2) is 24.3 Å². The van der Waals surface area contributed by atoms with Crippen LogP contribution in [0, 0.1) is 5.92 Å². The summed E-state index contributed by atoms with van der Waals surface area (Å²) in [6.07, 6.45) is 0.706. The van der Waals surface area contributed by atoms with Crippen molar-refractivity contribution >= 4 is 5.91 Å². The molecule has 1 amide bonds. The Morgan fingerprint density at radius 3 is 2.91 bits per heavy atom. The van der Waals surface area contributed by atoms with Gasteiger partial charge in [-0.2, -0.15) is 0 Å². The predicted octanol–water partition coefficient (Wildman–Crippen LogP) is 1.27. The second kappa shape index (κ2) is 8.88. The number of carbonyl (C=O) groups is 1. The number of aliphatic hydroxyl groups excluding tert-OH is 1. The zero-order chi connectivity index (χ0) is 15.8. The molecular formula is C17H26N2O3. The fraction of sp³-hybridized carbons (Fsp3) is 0.588. The van der Waals surface area contributed by atoms with Gasteiger partial charge in [-0.05, 0) is 30.0 Å². The van der Waals surface area contributed by atoms with Crippen molar-refractivity contribution < 1.29 is 14.6 Å². The molecule has 1 atom stereocenters. The lowest BCUT2D eigenvalue weighted by Gasteiger charge is -2.26. The molecule has 1 unspecified atom stereocenters. The van der Waals surface area contributed by atoms with Crippen molar-refractivity contribution in [2.24, 2.45) is 5.92 Å². The molecule has 22 heavy (non-hydrogen) atoms. The lowest BCUT2D eigenvalue weighted by atomic mass is 10.1. The van der Waals surface area contributed by atoms with E-state index in [1.165, 1.54) is 0 Å². The van der Waals surface area contributed by atoms with Crippen LogP contribution >= 0.6 is 0 Å². The van der Waals surface area contributed by atoms with Crippen LogP contribution in [0.25, 0.3) is 0 Å². The molecule has 1 saturated heterocycles. The van der Waals surface area contributed by atoms with Crippen LogP contribution in [0.4, 0.5) is 0 Å². The van der Waals surface area contributed by atoms with Crippen LogP contribution in [0.5, 0.6) is 0 Å². The van der Waals surface area contributed by atoms with E-state index >= 15 is 0 Å². The Kier molecular flexibility index (Phi) is 6.83. The lowest BCUT2D eigenvalue weighted by molar-refractivity contribution is 0.0342. The summed E-state index contributed by atoms with van der Waals surface area (Å²) >= 11 is 0. The number of nitrogens with zero attached hydrogens (tertiary/aromatic N) is 1. The minimum absolute atomic E-state index is 0.0476. The van der Waals surface area contributed by atoms with Gasteiger partial charge in [0, 0.05) is 38.3 Å². The number of carbonyl (C=O) groups excluding carboxylic acids is 1. The average Bonchev–Trinajstić information content (AvgIpc) is 2.54. The summed E-state index contributed by atoms with van der Waals surface area (Å²) in [5, 5.41) is 11.8. The molecule has 0 radical (unpaired) electrons. The third-order valence-corrected chi connectivity index (χ3v) is 3.93. The van der Waals surface area contributed by atoms with Crippen LogP contribution in [0.1, 0.15) is 29.3 Å². The summed E-state index contributed by atoms with van der Waals surface area (Å²) in [5.41, 5.74) is 1.85. The van der Waals surface area contributed by atoms with Crippen molar-refractivity contribution in [2.75, 3.05) is 39.5 Å². The van der Waals surface area contributed by atoms with Gasteiger partial charge in [-0.25, -0.2) is 0 Å². The Hall–Kier alpha value is -1.43. The molecule has 1 fully saturated rings. The van der Waals surface area contributed by atoms with Crippen LogP contribution in [0.3, 0.4) is 0 Å². The smallest absolute Gasteiger partial charge is 0.251 e. The molecule has 122 valence electrons. The zero-order valence-corrected chi connectivity index (χ0v) is 13.3. The van der Waals surface area contributed by atoms with Gasteiger partial charge in [-0.3, -0.25) is 9.69 Å². The number of hydrogen-bond donors (Lipinski definition) is 2. The molecule has 1 aromatic rings. The molecule has 0 aromatic heterocycles. The first-order valence-corrected chi connectivity index (χ1v) is 7.97. The summed E-state index contributed by atoms with van der Waals surface area (Å²) in [5.74, 6) is 0.235. The number of hydrogen-bond acceptors (Lipinski definition) is 4. The maximum absolute atomic E-state index is 12.2. The summed E-state index contributed by atoms with van der Waals surface area (Å²) in [6, 6.07) is 7.79. The Morgan fingerprint density at radius 1 is 1.41 bits per heavy atom. The molecule has 2 N–H and O–H groups in total. The van der Waals surface area contributed by atoms with Gasteiger partial charge >= 0.3 is 0 Å². The van der Waals surface area contributed by atoms with E-state index in [1.54, 1.807) is 0 Å². The SMILES string of the molecule is CC(CCO)CNC(=O)c1cccc(CN2CCOCC2)c1. The molecule has 1 aliphatic rings. The van der Waals surface area contributed by atoms with Gasteiger partial charge in [0.25, 0.3) is 5.91 Å². The van der Waals surface area contributed by atoms with Gasteiger partial charge in [-0.1, -0.05) is 19.1 Å². The van der Waals surface area contributed by atoms with E-state index < -0.39 is 0 Å². The number of ether oxygens (including phenoxy) is 1. The molecule has 1 aromatic carbocycles. The first-order valence-electron chi connectivity index (χ1n) is 7.97. The molecule has 5 heteroatoms. The van der Waals surface area contributed by atoms with Gasteiger partial charge < -0.3 is 15.2 Å². The van der Waals surface area contributed by atoms with Crippen LogP contribution in [0.2, 0.25) is 0 Å². The molecule has 1 heterocycles. The standard InChI is InChI=1S/C17H26N2O3/c1-14(5-8-20)12-18-17(21)16-4-2-3-15(11-16)13-19-6-9-22-10-7-19/h2-4,11,14,20H,5-10,12-13H2,1H3,(H,18,21). The van der Waals surface area contributed by atoms with E-state index in [1.807, 2.05) is 25.1 Å². The van der Waals surface area contributed by atoms with Gasteiger partial charge in [0.1, 0.15) is 0 Å². The number of morpholine rings is 1. The van der Waals surface area contributed by atoms with Crippen molar-refractivity contribution in [3.63, 3.8) is 0 Å². The Bertz CT molecular complexity index is 473. The largest absolute Gasteiger partial charge is 0.396 e. The molecule has 0 aliphatic carbocycles. The Morgan fingerprint density at radius 2 is 2.18 bits per heavy atom. The van der Waals surface area contributed by atoms with Crippen LogP contribution in [-0.4, -0.2) is 55.4 Å². The quantitative estimate of drug-likeness (QED) is 0.796.